The Bertz CT molecular complexity index is 794. The highest BCUT2D eigenvalue weighted by Crippen LogP contribution is 2.44. The molecule has 1 fully saturated rings. The number of benzene rings is 1. The van der Waals surface area contributed by atoms with Crippen molar-refractivity contribution in [2.24, 2.45) is 0 Å². The summed E-state index contributed by atoms with van der Waals surface area (Å²) in [6.07, 6.45) is -4.75. The molecule has 0 radical (unpaired) electrons. The van der Waals surface area contributed by atoms with E-state index >= 15 is 0 Å². The molecule has 10 heteroatoms. The van der Waals surface area contributed by atoms with Crippen LogP contribution in [0.3, 0.4) is 0 Å². The third kappa shape index (κ3) is 2.95. The topological polar surface area (TPSA) is 59.2 Å². The fourth-order valence-corrected chi connectivity index (χ4v) is 3.05. The van der Waals surface area contributed by atoms with Gasteiger partial charge in [0.2, 0.25) is 11.8 Å². The Morgan fingerprint density at radius 3 is 2.58 bits per heavy atom. The van der Waals surface area contributed by atoms with E-state index in [1.807, 2.05) is 0 Å². The van der Waals surface area contributed by atoms with E-state index in [-0.39, 0.29) is 23.2 Å². The first kappa shape index (κ1) is 17.0. The Labute approximate surface area is 144 Å². The first-order valence-corrected chi connectivity index (χ1v) is 7.55. The second-order valence-corrected chi connectivity index (χ2v) is 6.20. The molecule has 1 aliphatic rings. The van der Waals surface area contributed by atoms with E-state index in [9.17, 15) is 18.0 Å². The van der Waals surface area contributed by atoms with Gasteiger partial charge in [-0.25, -0.2) is 0 Å². The van der Waals surface area contributed by atoms with E-state index in [0.29, 0.717) is 10.6 Å². The average Bonchev–Trinajstić information content (AvgIpc) is 3.08. The lowest BCUT2D eigenvalue weighted by atomic mass is 9.93. The molecule has 1 aromatic heterocycles. The van der Waals surface area contributed by atoms with Gasteiger partial charge >= 0.3 is 6.18 Å². The number of aromatic nitrogens is 2. The minimum absolute atomic E-state index is 0.0408. The van der Waals surface area contributed by atoms with Gasteiger partial charge in [-0.1, -0.05) is 34.4 Å². The minimum Gasteiger partial charge on any atom is -0.339 e. The molecule has 1 aliphatic heterocycles. The summed E-state index contributed by atoms with van der Waals surface area (Å²) in [6.45, 7) is 0. The van der Waals surface area contributed by atoms with Crippen LogP contribution >= 0.6 is 23.2 Å². The number of carbonyl (C=O) groups excluding carboxylic acids is 1. The van der Waals surface area contributed by atoms with Crippen LogP contribution in [0, 0.1) is 0 Å². The zero-order valence-electron chi connectivity index (χ0n) is 12.1. The molecule has 0 N–H and O–H groups in total. The van der Waals surface area contributed by atoms with E-state index in [2.05, 4.69) is 10.1 Å². The van der Waals surface area contributed by atoms with Crippen molar-refractivity contribution in [1.82, 2.24) is 15.0 Å². The van der Waals surface area contributed by atoms with Crippen LogP contribution in [0.15, 0.2) is 22.7 Å². The first-order chi connectivity index (χ1) is 11.2. The summed E-state index contributed by atoms with van der Waals surface area (Å²) in [7, 11) is 1.55. The van der Waals surface area contributed by atoms with Crippen LogP contribution in [0.2, 0.25) is 10.0 Å². The van der Waals surface area contributed by atoms with Crippen LogP contribution in [0.4, 0.5) is 13.2 Å². The number of rotatable bonds is 2. The van der Waals surface area contributed by atoms with Crippen LogP contribution < -0.4 is 0 Å². The second-order valence-electron chi connectivity index (χ2n) is 5.39. The SMILES string of the molecule is CN1C(=O)CC(c2nc(C(F)(F)F)no2)C1c1ccc(Cl)c(Cl)c1. The number of hydrogen-bond donors (Lipinski definition) is 0. The number of likely N-dealkylation sites (N-methyl/N-ethyl adjacent to an activating group) is 1. The van der Waals surface area contributed by atoms with E-state index in [4.69, 9.17) is 27.7 Å². The Kier molecular flexibility index (Phi) is 4.21. The summed E-state index contributed by atoms with van der Waals surface area (Å²) in [5.74, 6) is -2.56. The van der Waals surface area contributed by atoms with Gasteiger partial charge in [0.05, 0.1) is 22.0 Å². The predicted octanol–water partition coefficient (Wildman–Crippen LogP) is 4.08. The Morgan fingerprint density at radius 2 is 2.00 bits per heavy atom. The minimum atomic E-state index is -4.71. The molecule has 3 rings (SSSR count). The highest BCUT2D eigenvalue weighted by Gasteiger charge is 2.45. The lowest BCUT2D eigenvalue weighted by Crippen LogP contribution is -2.24. The van der Waals surface area contributed by atoms with E-state index < -0.39 is 24.0 Å². The quantitative estimate of drug-likeness (QED) is 0.788. The van der Waals surface area contributed by atoms with Gasteiger partial charge in [0.25, 0.3) is 5.82 Å². The van der Waals surface area contributed by atoms with Crippen LogP contribution in [0.25, 0.3) is 0 Å². The molecule has 5 nitrogen and oxygen atoms in total. The largest absolute Gasteiger partial charge is 0.455 e. The normalized spacial score (nSPS) is 21.6. The van der Waals surface area contributed by atoms with Crippen LogP contribution in [0.1, 0.15) is 35.7 Å². The van der Waals surface area contributed by atoms with Crippen LogP contribution in [0.5, 0.6) is 0 Å². The zero-order chi connectivity index (χ0) is 17.6. The Morgan fingerprint density at radius 1 is 1.29 bits per heavy atom. The molecular weight excluding hydrogens is 370 g/mol. The van der Waals surface area contributed by atoms with Gasteiger partial charge in [0.1, 0.15) is 0 Å². The Hall–Kier alpha value is -1.80. The van der Waals surface area contributed by atoms with Crippen molar-refractivity contribution >= 4 is 29.1 Å². The number of hydrogen-bond acceptors (Lipinski definition) is 4. The molecule has 1 saturated heterocycles. The molecule has 128 valence electrons. The monoisotopic (exact) mass is 379 g/mol. The number of nitrogens with zero attached hydrogens (tertiary/aromatic N) is 3. The maximum Gasteiger partial charge on any atom is 0.455 e. The van der Waals surface area contributed by atoms with Crippen molar-refractivity contribution in [3.8, 4) is 0 Å². The molecule has 0 saturated carbocycles. The van der Waals surface area contributed by atoms with Gasteiger partial charge in [-0.05, 0) is 17.7 Å². The van der Waals surface area contributed by atoms with Crippen molar-refractivity contribution in [2.45, 2.75) is 24.6 Å². The number of carbonyl (C=O) groups is 1. The van der Waals surface area contributed by atoms with Gasteiger partial charge in [0.15, 0.2) is 0 Å². The van der Waals surface area contributed by atoms with Crippen molar-refractivity contribution in [3.05, 3.63) is 45.5 Å². The summed E-state index contributed by atoms with van der Waals surface area (Å²) < 4.78 is 42.8. The maximum absolute atomic E-state index is 12.7. The molecule has 24 heavy (non-hydrogen) atoms. The molecular formula is C14H10Cl2F3N3O2. The van der Waals surface area contributed by atoms with Crippen molar-refractivity contribution in [1.29, 1.82) is 0 Å². The second kappa shape index (κ2) is 5.93. The number of likely N-dealkylation sites (tertiary alicyclic amines) is 1. The fourth-order valence-electron chi connectivity index (χ4n) is 2.74. The third-order valence-electron chi connectivity index (χ3n) is 3.88. The van der Waals surface area contributed by atoms with Gasteiger partial charge in [-0.3, -0.25) is 4.79 Å². The van der Waals surface area contributed by atoms with Crippen LogP contribution in [-0.4, -0.2) is 28.0 Å². The number of alkyl halides is 3. The summed E-state index contributed by atoms with van der Waals surface area (Å²) >= 11 is 11.9. The smallest absolute Gasteiger partial charge is 0.339 e. The van der Waals surface area contributed by atoms with Gasteiger partial charge in [0, 0.05) is 13.5 Å². The van der Waals surface area contributed by atoms with Gasteiger partial charge < -0.3 is 9.42 Å². The van der Waals surface area contributed by atoms with Gasteiger partial charge in [-0.2, -0.15) is 18.2 Å². The Balaban J connectivity index is 2.00. The molecule has 1 aromatic carbocycles. The zero-order valence-corrected chi connectivity index (χ0v) is 13.7. The highest BCUT2D eigenvalue weighted by molar-refractivity contribution is 6.42. The molecule has 2 heterocycles. The summed E-state index contributed by atoms with van der Waals surface area (Å²) in [5.41, 5.74) is 0.620. The molecule has 0 spiro atoms. The lowest BCUT2D eigenvalue weighted by molar-refractivity contribution is -0.146. The number of amides is 1. The molecule has 0 bridgehead atoms. The van der Waals surface area contributed by atoms with E-state index in [1.54, 1.807) is 25.2 Å². The molecule has 0 aliphatic carbocycles. The number of halogens is 5. The van der Waals surface area contributed by atoms with Crippen LogP contribution in [-0.2, 0) is 11.0 Å². The average molecular weight is 380 g/mol. The molecule has 2 aromatic rings. The maximum atomic E-state index is 12.7. The molecule has 2 atom stereocenters. The van der Waals surface area contributed by atoms with Crippen molar-refractivity contribution < 1.29 is 22.5 Å². The standard InChI is InChI=1S/C14H10Cl2F3N3O2/c1-22-10(23)5-7(12-20-13(21-24-12)14(17,18)19)11(22)6-2-3-8(15)9(16)4-6/h2-4,7,11H,5H2,1H3. The third-order valence-corrected chi connectivity index (χ3v) is 4.62. The lowest BCUT2D eigenvalue weighted by Gasteiger charge is -2.24. The summed E-state index contributed by atoms with van der Waals surface area (Å²) in [4.78, 5) is 16.9. The van der Waals surface area contributed by atoms with Crippen molar-refractivity contribution in [2.75, 3.05) is 7.05 Å². The van der Waals surface area contributed by atoms with E-state index in [0.717, 1.165) is 0 Å². The van der Waals surface area contributed by atoms with Crippen molar-refractivity contribution in [3.63, 3.8) is 0 Å². The highest BCUT2D eigenvalue weighted by atomic mass is 35.5. The first-order valence-electron chi connectivity index (χ1n) is 6.80. The fraction of sp³-hybridized carbons (Fsp3) is 0.357. The predicted molar refractivity (Wildman–Crippen MR) is 78.6 cm³/mol. The summed E-state index contributed by atoms with van der Waals surface area (Å²) in [6, 6.07) is 4.20. The van der Waals surface area contributed by atoms with E-state index in [1.165, 1.54) is 4.90 Å². The summed E-state index contributed by atoms with van der Waals surface area (Å²) in [5, 5.41) is 3.57. The molecule has 1 amide bonds. The molecule has 2 unspecified atom stereocenters. The van der Waals surface area contributed by atoms with Gasteiger partial charge in [-0.15, -0.1) is 0 Å².